The molecule has 0 radical (unpaired) electrons. The summed E-state index contributed by atoms with van der Waals surface area (Å²) in [5.41, 5.74) is 0.385. The molecule has 8 nitrogen and oxygen atoms in total. The van der Waals surface area contributed by atoms with Crippen molar-refractivity contribution in [3.05, 3.63) is 58.8 Å². The lowest BCUT2D eigenvalue weighted by molar-refractivity contribution is -0.158. The fraction of sp³-hybridized carbons (Fsp3) is 0.429. The molecule has 1 aromatic carbocycles. The number of hydrogen-bond donors (Lipinski definition) is 2. The average molecular weight is 400 g/mol. The SMILES string of the molecule is CC(C)[C@H](NC(=O)Nc1cccc(Cn2cccnc2=O)c1)C(=O)OC(C)(C)C. The van der Waals surface area contributed by atoms with Gasteiger partial charge >= 0.3 is 17.7 Å². The van der Waals surface area contributed by atoms with E-state index in [0.29, 0.717) is 12.2 Å². The second-order valence-corrected chi connectivity index (χ2v) is 8.08. The first-order valence-corrected chi connectivity index (χ1v) is 9.46. The van der Waals surface area contributed by atoms with E-state index in [9.17, 15) is 14.4 Å². The van der Waals surface area contributed by atoms with Crippen LogP contribution >= 0.6 is 0 Å². The van der Waals surface area contributed by atoms with E-state index in [-0.39, 0.29) is 11.6 Å². The number of hydrogen-bond acceptors (Lipinski definition) is 5. The summed E-state index contributed by atoms with van der Waals surface area (Å²) >= 11 is 0. The molecule has 2 aromatic rings. The molecule has 0 fully saturated rings. The molecule has 2 rings (SSSR count). The monoisotopic (exact) mass is 400 g/mol. The number of ether oxygens (including phenoxy) is 1. The number of amides is 2. The van der Waals surface area contributed by atoms with Crippen LogP contribution in [0.1, 0.15) is 40.2 Å². The van der Waals surface area contributed by atoms with Crippen molar-refractivity contribution >= 4 is 17.7 Å². The minimum Gasteiger partial charge on any atom is -0.458 e. The van der Waals surface area contributed by atoms with Gasteiger partial charge in [-0.3, -0.25) is 4.57 Å². The number of nitrogens with one attached hydrogen (secondary N) is 2. The molecular weight excluding hydrogens is 372 g/mol. The highest BCUT2D eigenvalue weighted by atomic mass is 16.6. The molecule has 0 aliphatic heterocycles. The van der Waals surface area contributed by atoms with Gasteiger partial charge in [0.05, 0.1) is 6.54 Å². The van der Waals surface area contributed by atoms with Crippen molar-refractivity contribution in [2.24, 2.45) is 5.92 Å². The van der Waals surface area contributed by atoms with Gasteiger partial charge in [-0.05, 0) is 50.5 Å². The van der Waals surface area contributed by atoms with Crippen molar-refractivity contribution in [2.75, 3.05) is 5.32 Å². The van der Waals surface area contributed by atoms with Gasteiger partial charge in [0, 0.05) is 18.1 Å². The summed E-state index contributed by atoms with van der Waals surface area (Å²) in [5, 5.41) is 5.40. The Kier molecular flexibility index (Phi) is 7.14. The van der Waals surface area contributed by atoms with E-state index in [0.717, 1.165) is 5.56 Å². The van der Waals surface area contributed by atoms with Crippen LogP contribution in [0.4, 0.5) is 10.5 Å². The third-order valence-corrected chi connectivity index (χ3v) is 3.93. The van der Waals surface area contributed by atoms with Gasteiger partial charge in [-0.1, -0.05) is 26.0 Å². The van der Waals surface area contributed by atoms with Crippen molar-refractivity contribution in [3.63, 3.8) is 0 Å². The first-order chi connectivity index (χ1) is 13.5. The molecule has 2 amide bonds. The summed E-state index contributed by atoms with van der Waals surface area (Å²) in [6.07, 6.45) is 3.09. The number of anilines is 1. The number of rotatable bonds is 6. The van der Waals surface area contributed by atoms with Crippen LogP contribution in [0.15, 0.2) is 47.5 Å². The number of benzene rings is 1. The molecule has 0 saturated heterocycles. The molecule has 2 N–H and O–H groups in total. The molecule has 0 spiro atoms. The fourth-order valence-corrected chi connectivity index (χ4v) is 2.62. The summed E-state index contributed by atoms with van der Waals surface area (Å²) < 4.78 is 6.86. The van der Waals surface area contributed by atoms with E-state index >= 15 is 0 Å². The van der Waals surface area contributed by atoms with Crippen LogP contribution in [-0.2, 0) is 16.1 Å². The van der Waals surface area contributed by atoms with Crippen LogP contribution in [0.25, 0.3) is 0 Å². The Labute approximate surface area is 170 Å². The maximum atomic E-state index is 12.4. The molecule has 0 aliphatic rings. The highest BCUT2D eigenvalue weighted by Crippen LogP contribution is 2.14. The molecule has 1 aromatic heterocycles. The predicted molar refractivity (Wildman–Crippen MR) is 111 cm³/mol. The van der Waals surface area contributed by atoms with E-state index in [2.05, 4.69) is 15.6 Å². The van der Waals surface area contributed by atoms with E-state index in [4.69, 9.17) is 4.74 Å². The van der Waals surface area contributed by atoms with Gasteiger partial charge in [0.1, 0.15) is 11.6 Å². The van der Waals surface area contributed by atoms with E-state index in [1.807, 2.05) is 19.9 Å². The van der Waals surface area contributed by atoms with E-state index in [1.165, 1.54) is 10.8 Å². The zero-order chi connectivity index (χ0) is 21.6. The molecular formula is C21H28N4O4. The van der Waals surface area contributed by atoms with Crippen molar-refractivity contribution in [3.8, 4) is 0 Å². The summed E-state index contributed by atoms with van der Waals surface area (Å²) in [7, 11) is 0. The van der Waals surface area contributed by atoms with E-state index < -0.39 is 23.6 Å². The van der Waals surface area contributed by atoms with E-state index in [1.54, 1.807) is 51.2 Å². The largest absolute Gasteiger partial charge is 0.458 e. The minimum absolute atomic E-state index is 0.139. The van der Waals surface area contributed by atoms with Crippen LogP contribution in [-0.4, -0.2) is 33.2 Å². The van der Waals surface area contributed by atoms with Gasteiger partial charge in [-0.25, -0.2) is 19.4 Å². The lowest BCUT2D eigenvalue weighted by Gasteiger charge is -2.26. The van der Waals surface area contributed by atoms with Crippen molar-refractivity contribution in [1.82, 2.24) is 14.9 Å². The normalized spacial score (nSPS) is 12.3. The van der Waals surface area contributed by atoms with Crippen molar-refractivity contribution in [1.29, 1.82) is 0 Å². The van der Waals surface area contributed by atoms with Gasteiger partial charge < -0.3 is 15.4 Å². The molecule has 1 atom stereocenters. The summed E-state index contributed by atoms with van der Waals surface area (Å²) in [6, 6.07) is 7.51. The zero-order valence-corrected chi connectivity index (χ0v) is 17.4. The first-order valence-electron chi connectivity index (χ1n) is 9.46. The Hall–Kier alpha value is -3.16. The number of carbonyl (C=O) groups excluding carboxylic acids is 2. The molecule has 29 heavy (non-hydrogen) atoms. The van der Waals surface area contributed by atoms with Crippen LogP contribution in [0, 0.1) is 5.92 Å². The van der Waals surface area contributed by atoms with Crippen molar-refractivity contribution in [2.45, 2.75) is 52.8 Å². The molecule has 0 saturated carbocycles. The number of nitrogens with zero attached hydrogens (tertiary/aromatic N) is 2. The topological polar surface area (TPSA) is 102 Å². The standard InChI is InChI=1S/C21H28N4O4/c1-14(2)17(18(26)29-21(3,4)5)24-19(27)23-16-9-6-8-15(12-16)13-25-11-7-10-22-20(25)28/h6-12,14,17H,13H2,1-5H3,(H2,23,24,27)/t17-/m0/s1. The number of carbonyl (C=O) groups is 2. The van der Waals surface area contributed by atoms with Crippen molar-refractivity contribution < 1.29 is 14.3 Å². The lowest BCUT2D eigenvalue weighted by Crippen LogP contribution is -2.48. The smallest absolute Gasteiger partial charge is 0.347 e. The maximum absolute atomic E-state index is 12.4. The molecule has 8 heteroatoms. The summed E-state index contributed by atoms with van der Waals surface area (Å²) in [6.45, 7) is 9.34. The number of esters is 1. The van der Waals surface area contributed by atoms with Gasteiger partial charge in [-0.2, -0.15) is 0 Å². The third-order valence-electron chi connectivity index (χ3n) is 3.93. The Bertz CT molecular complexity index is 915. The van der Waals surface area contributed by atoms with Gasteiger partial charge in [0.25, 0.3) is 0 Å². The quantitative estimate of drug-likeness (QED) is 0.726. The molecule has 0 aliphatic carbocycles. The third kappa shape index (κ3) is 7.06. The number of aromatic nitrogens is 2. The second-order valence-electron chi connectivity index (χ2n) is 8.08. The van der Waals surface area contributed by atoms with Crippen LogP contribution < -0.4 is 16.3 Å². The molecule has 156 valence electrons. The Morgan fingerprint density at radius 2 is 1.93 bits per heavy atom. The minimum atomic E-state index is -0.772. The molecule has 0 bridgehead atoms. The lowest BCUT2D eigenvalue weighted by atomic mass is 10.0. The van der Waals surface area contributed by atoms with Gasteiger partial charge in [0.2, 0.25) is 0 Å². The maximum Gasteiger partial charge on any atom is 0.347 e. The summed E-state index contributed by atoms with van der Waals surface area (Å²) in [5.74, 6) is -0.619. The van der Waals surface area contributed by atoms with Gasteiger partial charge in [-0.15, -0.1) is 0 Å². The van der Waals surface area contributed by atoms with Gasteiger partial charge in [0.15, 0.2) is 0 Å². The van der Waals surface area contributed by atoms with Crippen LogP contribution in [0.3, 0.4) is 0 Å². The summed E-state index contributed by atoms with van der Waals surface area (Å²) in [4.78, 5) is 40.3. The highest BCUT2D eigenvalue weighted by Gasteiger charge is 2.29. The molecule has 0 unspecified atom stereocenters. The predicted octanol–water partition coefficient (Wildman–Crippen LogP) is 2.78. The zero-order valence-electron chi connectivity index (χ0n) is 17.4. The van der Waals surface area contributed by atoms with Crippen LogP contribution in [0.2, 0.25) is 0 Å². The highest BCUT2D eigenvalue weighted by molar-refractivity contribution is 5.92. The molecule has 1 heterocycles. The number of urea groups is 1. The average Bonchev–Trinajstić information content (AvgIpc) is 2.60. The van der Waals surface area contributed by atoms with Crippen LogP contribution in [0.5, 0.6) is 0 Å². The first kappa shape index (κ1) is 22.1. The second kappa shape index (κ2) is 9.36. The Balaban J connectivity index is 2.05. The Morgan fingerprint density at radius 1 is 1.21 bits per heavy atom. The fourth-order valence-electron chi connectivity index (χ4n) is 2.62. The Morgan fingerprint density at radius 3 is 2.55 bits per heavy atom.